The van der Waals surface area contributed by atoms with Gasteiger partial charge in [-0.3, -0.25) is 0 Å². The first kappa shape index (κ1) is 17.7. The number of nitrogens with two attached hydrogens (primary N) is 1. The average molecular weight is 385 g/mol. The summed E-state index contributed by atoms with van der Waals surface area (Å²) in [5.41, 5.74) is 7.66. The average Bonchev–Trinajstić information content (AvgIpc) is 3.04. The molecule has 0 aliphatic carbocycles. The second-order valence-corrected chi connectivity index (χ2v) is 5.97. The van der Waals surface area contributed by atoms with Crippen molar-refractivity contribution in [1.29, 1.82) is 0 Å². The maximum absolute atomic E-state index is 13.0. The Morgan fingerprint density at radius 1 is 1.04 bits per heavy atom. The molecule has 4 aromatic rings. The largest absolute Gasteiger partial charge is 0.438 e. The van der Waals surface area contributed by atoms with Crippen LogP contribution in [0, 0.1) is 0 Å². The molecule has 4 rings (SSSR count). The Hall–Kier alpha value is -3.75. The van der Waals surface area contributed by atoms with Gasteiger partial charge in [-0.05, 0) is 54.6 Å². The summed E-state index contributed by atoms with van der Waals surface area (Å²) in [7, 11) is 0. The summed E-state index contributed by atoms with van der Waals surface area (Å²) in [6, 6.07) is 13.9. The van der Waals surface area contributed by atoms with Crippen LogP contribution in [0.5, 0.6) is 11.6 Å². The fourth-order valence-electron chi connectivity index (χ4n) is 2.63. The lowest BCUT2D eigenvalue weighted by molar-refractivity contribution is -0.138. The van der Waals surface area contributed by atoms with Crippen LogP contribution in [-0.4, -0.2) is 15.0 Å². The molecule has 4 N–H and O–H groups in total. The number of hydrogen-bond donors (Lipinski definition) is 3. The highest BCUT2D eigenvalue weighted by atomic mass is 19.4. The molecule has 0 atom stereocenters. The van der Waals surface area contributed by atoms with Crippen molar-refractivity contribution in [2.24, 2.45) is 0 Å². The van der Waals surface area contributed by atoms with Gasteiger partial charge in [0.15, 0.2) is 0 Å². The molecule has 0 unspecified atom stereocenters. The number of aromatic amines is 1. The lowest BCUT2D eigenvalue weighted by atomic mass is 10.2. The summed E-state index contributed by atoms with van der Waals surface area (Å²) in [6.45, 7) is 0. The van der Waals surface area contributed by atoms with Gasteiger partial charge in [0, 0.05) is 17.6 Å². The highest BCUT2D eigenvalue weighted by Crippen LogP contribution is 2.36. The van der Waals surface area contributed by atoms with Crippen molar-refractivity contribution in [3.63, 3.8) is 0 Å². The van der Waals surface area contributed by atoms with E-state index in [1.807, 2.05) is 0 Å². The number of halogens is 3. The summed E-state index contributed by atoms with van der Waals surface area (Å²) >= 11 is 0. The zero-order valence-corrected chi connectivity index (χ0v) is 14.3. The highest BCUT2D eigenvalue weighted by molar-refractivity contribution is 5.81. The third kappa shape index (κ3) is 3.68. The summed E-state index contributed by atoms with van der Waals surface area (Å²) in [6.07, 6.45) is -3.30. The predicted molar refractivity (Wildman–Crippen MR) is 99.5 cm³/mol. The number of ether oxygens (including phenoxy) is 1. The van der Waals surface area contributed by atoms with Gasteiger partial charge < -0.3 is 20.8 Å². The van der Waals surface area contributed by atoms with Gasteiger partial charge in [0.05, 0.1) is 11.0 Å². The molecule has 0 spiro atoms. The highest BCUT2D eigenvalue weighted by Gasteiger charge is 2.35. The number of nitrogen functional groups attached to an aromatic ring is 1. The molecule has 2 aromatic heterocycles. The number of nitrogens with zero attached hydrogens (tertiary/aromatic N) is 2. The Labute approximate surface area is 157 Å². The van der Waals surface area contributed by atoms with E-state index in [0.29, 0.717) is 17.3 Å². The standard InChI is InChI=1S/C19H14F3N5O/c20-19(21,22)14-2-1-9-24-17(14)28-13-6-4-12(5-7-13)25-18-26-15-8-3-11(23)10-16(15)27-18/h1-10H,23H2,(H2,25,26,27). The minimum Gasteiger partial charge on any atom is -0.438 e. The topological polar surface area (TPSA) is 88.8 Å². The maximum atomic E-state index is 13.0. The minimum absolute atomic E-state index is 0.229. The third-order valence-electron chi connectivity index (χ3n) is 3.91. The van der Waals surface area contributed by atoms with Gasteiger partial charge in [-0.25, -0.2) is 9.97 Å². The number of hydrogen-bond acceptors (Lipinski definition) is 5. The number of H-pyrrole nitrogens is 1. The van der Waals surface area contributed by atoms with Crippen LogP contribution in [0.4, 0.5) is 30.5 Å². The van der Waals surface area contributed by atoms with Crippen molar-refractivity contribution in [3.8, 4) is 11.6 Å². The fraction of sp³-hybridized carbons (Fsp3) is 0.0526. The van der Waals surface area contributed by atoms with E-state index in [1.165, 1.54) is 24.4 Å². The monoisotopic (exact) mass is 385 g/mol. The van der Waals surface area contributed by atoms with Crippen LogP contribution in [0.2, 0.25) is 0 Å². The first-order valence-electron chi connectivity index (χ1n) is 8.21. The zero-order chi connectivity index (χ0) is 19.7. The Kier molecular flexibility index (Phi) is 4.26. The molecule has 28 heavy (non-hydrogen) atoms. The molecule has 2 heterocycles. The van der Waals surface area contributed by atoms with Gasteiger partial charge in [0.2, 0.25) is 11.8 Å². The maximum Gasteiger partial charge on any atom is 0.421 e. The Bertz CT molecular complexity index is 1120. The summed E-state index contributed by atoms with van der Waals surface area (Å²) in [4.78, 5) is 11.2. The van der Waals surface area contributed by atoms with Crippen LogP contribution < -0.4 is 15.8 Å². The van der Waals surface area contributed by atoms with E-state index in [9.17, 15) is 13.2 Å². The van der Waals surface area contributed by atoms with Gasteiger partial charge in [-0.2, -0.15) is 13.2 Å². The van der Waals surface area contributed by atoms with Crippen LogP contribution in [0.1, 0.15) is 5.56 Å². The van der Waals surface area contributed by atoms with E-state index in [0.717, 1.165) is 17.1 Å². The van der Waals surface area contributed by atoms with Crippen LogP contribution in [0.25, 0.3) is 11.0 Å². The normalized spacial score (nSPS) is 11.5. The molecule has 2 aromatic carbocycles. The van der Waals surface area contributed by atoms with Crippen LogP contribution in [0.3, 0.4) is 0 Å². The van der Waals surface area contributed by atoms with Gasteiger partial charge in [-0.15, -0.1) is 0 Å². The van der Waals surface area contributed by atoms with Gasteiger partial charge in [0.1, 0.15) is 11.3 Å². The molecule has 0 bridgehead atoms. The van der Waals surface area contributed by atoms with Crippen molar-refractivity contribution in [2.45, 2.75) is 6.18 Å². The zero-order valence-electron chi connectivity index (χ0n) is 14.3. The number of alkyl halides is 3. The number of aromatic nitrogens is 3. The summed E-state index contributed by atoms with van der Waals surface area (Å²) < 4.78 is 44.4. The van der Waals surface area contributed by atoms with Crippen LogP contribution >= 0.6 is 0 Å². The number of nitrogens with one attached hydrogen (secondary N) is 2. The number of pyridine rings is 1. The second kappa shape index (κ2) is 6.76. The first-order valence-corrected chi connectivity index (χ1v) is 8.21. The fourth-order valence-corrected chi connectivity index (χ4v) is 2.63. The Morgan fingerprint density at radius 3 is 2.57 bits per heavy atom. The number of rotatable bonds is 4. The van der Waals surface area contributed by atoms with E-state index >= 15 is 0 Å². The second-order valence-electron chi connectivity index (χ2n) is 5.97. The van der Waals surface area contributed by atoms with Gasteiger partial charge in [0.25, 0.3) is 0 Å². The molecular formula is C19H14F3N5O. The molecule has 0 saturated carbocycles. The molecule has 142 valence electrons. The quantitative estimate of drug-likeness (QED) is 0.426. The number of benzene rings is 2. The SMILES string of the molecule is Nc1ccc2nc(Nc3ccc(Oc4ncccc4C(F)(F)F)cc3)[nH]c2c1. The molecule has 6 nitrogen and oxygen atoms in total. The van der Waals surface area contributed by atoms with Crippen molar-refractivity contribution in [1.82, 2.24) is 15.0 Å². The minimum atomic E-state index is -4.55. The smallest absolute Gasteiger partial charge is 0.421 e. The van der Waals surface area contributed by atoms with Crippen molar-refractivity contribution in [3.05, 3.63) is 66.4 Å². The molecular weight excluding hydrogens is 371 g/mol. The van der Waals surface area contributed by atoms with E-state index in [2.05, 4.69) is 20.3 Å². The van der Waals surface area contributed by atoms with Crippen LogP contribution in [0.15, 0.2) is 60.8 Å². The van der Waals surface area contributed by atoms with Crippen molar-refractivity contribution >= 4 is 28.4 Å². The molecule has 0 radical (unpaired) electrons. The third-order valence-corrected chi connectivity index (χ3v) is 3.91. The van der Waals surface area contributed by atoms with Crippen molar-refractivity contribution in [2.75, 3.05) is 11.1 Å². The van der Waals surface area contributed by atoms with Gasteiger partial charge >= 0.3 is 6.18 Å². The molecule has 0 saturated heterocycles. The number of fused-ring (bicyclic) bond motifs is 1. The van der Waals surface area contributed by atoms with Gasteiger partial charge in [-0.1, -0.05) is 0 Å². The number of imidazole rings is 1. The first-order chi connectivity index (χ1) is 13.4. The van der Waals surface area contributed by atoms with E-state index in [4.69, 9.17) is 10.5 Å². The molecule has 0 amide bonds. The lowest BCUT2D eigenvalue weighted by Crippen LogP contribution is -2.08. The molecule has 0 aliphatic heterocycles. The lowest BCUT2D eigenvalue weighted by Gasteiger charge is -2.12. The Morgan fingerprint density at radius 2 is 1.82 bits per heavy atom. The predicted octanol–water partition coefficient (Wildman–Crippen LogP) is 5.09. The molecule has 9 heteroatoms. The number of anilines is 3. The van der Waals surface area contributed by atoms with Crippen molar-refractivity contribution < 1.29 is 17.9 Å². The Balaban J connectivity index is 1.51. The van der Waals surface area contributed by atoms with E-state index < -0.39 is 17.6 Å². The summed E-state index contributed by atoms with van der Waals surface area (Å²) in [5.74, 6) is 0.246. The molecule has 0 aliphatic rings. The van der Waals surface area contributed by atoms with E-state index in [1.54, 1.807) is 30.3 Å². The molecule has 0 fully saturated rings. The summed E-state index contributed by atoms with van der Waals surface area (Å²) in [5, 5.41) is 3.08. The van der Waals surface area contributed by atoms with E-state index in [-0.39, 0.29) is 5.75 Å². The van der Waals surface area contributed by atoms with Crippen LogP contribution in [-0.2, 0) is 6.18 Å².